The van der Waals surface area contributed by atoms with Crippen LogP contribution < -0.4 is 10.7 Å². The van der Waals surface area contributed by atoms with Gasteiger partial charge in [-0.25, -0.2) is 5.01 Å². The number of aryl methyl sites for hydroxylation is 1. The van der Waals surface area contributed by atoms with Crippen LogP contribution in [-0.2, 0) is 14.3 Å². The molecule has 1 fully saturated rings. The number of nitrogens with one attached hydrogen (secondary N) is 2. The number of amides is 2. The zero-order valence-corrected chi connectivity index (χ0v) is 13.9. The maximum absolute atomic E-state index is 12.1. The van der Waals surface area contributed by atoms with E-state index < -0.39 is 0 Å². The average molecular weight is 329 g/mol. The molecule has 2 aliphatic heterocycles. The third-order valence-corrected chi connectivity index (χ3v) is 4.25. The minimum atomic E-state index is -0.184. The lowest BCUT2D eigenvalue weighted by Gasteiger charge is -2.29. The van der Waals surface area contributed by atoms with Crippen molar-refractivity contribution in [1.82, 2.24) is 15.8 Å². The molecule has 1 aromatic carbocycles. The van der Waals surface area contributed by atoms with Crippen LogP contribution >= 0.6 is 0 Å². The zero-order chi connectivity index (χ0) is 16.9. The Hall–Kier alpha value is -2.34. The lowest BCUT2D eigenvalue weighted by Crippen LogP contribution is -2.50. The van der Waals surface area contributed by atoms with E-state index in [-0.39, 0.29) is 30.9 Å². The molecule has 3 rings (SSSR count). The maximum Gasteiger partial charge on any atom is 0.245 e. The Balaban J connectivity index is 1.55. The fraction of sp³-hybridized carbons (Fsp3) is 0.444. The van der Waals surface area contributed by atoms with Crippen LogP contribution in [0.2, 0.25) is 0 Å². The van der Waals surface area contributed by atoms with Crippen molar-refractivity contribution in [2.75, 3.05) is 19.7 Å². The Morgan fingerprint density at radius 1 is 1.38 bits per heavy atom. The molecular weight excluding hydrogens is 306 g/mol. The van der Waals surface area contributed by atoms with Crippen LogP contribution in [0.5, 0.6) is 0 Å². The number of carbonyl (C=O) groups excluding carboxylic acids is 2. The maximum atomic E-state index is 12.1. The normalized spacial score (nSPS) is 20.5. The molecule has 0 saturated carbocycles. The predicted molar refractivity (Wildman–Crippen MR) is 90.6 cm³/mol. The molecule has 1 aromatic rings. The summed E-state index contributed by atoms with van der Waals surface area (Å²) >= 11 is 0. The molecule has 24 heavy (non-hydrogen) atoms. The van der Waals surface area contributed by atoms with Crippen LogP contribution in [0.25, 0.3) is 5.70 Å². The lowest BCUT2D eigenvalue weighted by molar-refractivity contribution is -0.138. The van der Waals surface area contributed by atoms with Gasteiger partial charge in [0, 0.05) is 19.6 Å². The summed E-state index contributed by atoms with van der Waals surface area (Å²) in [6.07, 6.45) is 4.25. The molecule has 0 bridgehead atoms. The summed E-state index contributed by atoms with van der Waals surface area (Å²) in [4.78, 5) is 24.1. The van der Waals surface area contributed by atoms with Gasteiger partial charge >= 0.3 is 0 Å². The summed E-state index contributed by atoms with van der Waals surface area (Å²) < 4.78 is 5.48. The number of ether oxygens (including phenoxy) is 1. The summed E-state index contributed by atoms with van der Waals surface area (Å²) in [5, 5.41) is 4.21. The van der Waals surface area contributed by atoms with Gasteiger partial charge in [0.1, 0.15) is 6.54 Å². The molecule has 0 aliphatic carbocycles. The number of benzene rings is 1. The van der Waals surface area contributed by atoms with Crippen molar-refractivity contribution < 1.29 is 14.3 Å². The van der Waals surface area contributed by atoms with Gasteiger partial charge in [-0.1, -0.05) is 29.8 Å². The zero-order valence-electron chi connectivity index (χ0n) is 13.9. The molecular formula is C18H23N3O3. The smallest absolute Gasteiger partial charge is 0.245 e. The molecule has 6 nitrogen and oxygen atoms in total. The Labute approximate surface area is 141 Å². The van der Waals surface area contributed by atoms with Gasteiger partial charge in [0.05, 0.1) is 11.8 Å². The SMILES string of the molecule is Cc1ccc(C2=CCC(=O)N(CC(=O)NCC3CCCO3)N2)cc1. The van der Waals surface area contributed by atoms with Crippen LogP contribution in [0.1, 0.15) is 30.4 Å². The highest BCUT2D eigenvalue weighted by molar-refractivity contribution is 5.88. The summed E-state index contributed by atoms with van der Waals surface area (Å²) in [5.74, 6) is -0.297. The van der Waals surface area contributed by atoms with Crippen molar-refractivity contribution >= 4 is 17.5 Å². The molecule has 1 unspecified atom stereocenters. The van der Waals surface area contributed by atoms with E-state index in [0.717, 1.165) is 30.7 Å². The molecule has 6 heteroatoms. The van der Waals surface area contributed by atoms with Gasteiger partial charge in [0.2, 0.25) is 11.8 Å². The Morgan fingerprint density at radius 2 is 2.17 bits per heavy atom. The topological polar surface area (TPSA) is 70.7 Å². The van der Waals surface area contributed by atoms with Gasteiger partial charge in [-0.3, -0.25) is 15.0 Å². The van der Waals surface area contributed by atoms with Gasteiger partial charge in [-0.05, 0) is 31.4 Å². The minimum absolute atomic E-state index is 0.00520. The average Bonchev–Trinajstić information content (AvgIpc) is 3.09. The molecule has 2 amide bonds. The first kappa shape index (κ1) is 16.5. The number of hydrazine groups is 1. The first-order valence-corrected chi connectivity index (χ1v) is 8.34. The molecule has 0 radical (unpaired) electrons. The molecule has 2 aliphatic rings. The molecule has 2 N–H and O–H groups in total. The highest BCUT2D eigenvalue weighted by Gasteiger charge is 2.23. The first-order valence-electron chi connectivity index (χ1n) is 8.34. The molecule has 1 atom stereocenters. The second kappa shape index (κ2) is 7.49. The number of rotatable bonds is 5. The fourth-order valence-corrected chi connectivity index (χ4v) is 2.83. The van der Waals surface area contributed by atoms with Crippen molar-refractivity contribution in [3.8, 4) is 0 Å². The molecule has 128 valence electrons. The van der Waals surface area contributed by atoms with E-state index in [0.29, 0.717) is 6.54 Å². The van der Waals surface area contributed by atoms with Crippen LogP contribution in [0, 0.1) is 6.92 Å². The van der Waals surface area contributed by atoms with Crippen LogP contribution in [0.4, 0.5) is 0 Å². The molecule has 2 heterocycles. The monoisotopic (exact) mass is 329 g/mol. The minimum Gasteiger partial charge on any atom is -0.376 e. The van der Waals surface area contributed by atoms with Crippen LogP contribution in [0.3, 0.4) is 0 Å². The van der Waals surface area contributed by atoms with Gasteiger partial charge in [-0.15, -0.1) is 0 Å². The van der Waals surface area contributed by atoms with Crippen LogP contribution in [-0.4, -0.2) is 42.6 Å². The number of hydrogen-bond acceptors (Lipinski definition) is 4. The molecule has 1 saturated heterocycles. The van der Waals surface area contributed by atoms with Crippen molar-refractivity contribution in [2.24, 2.45) is 0 Å². The summed E-state index contributed by atoms with van der Waals surface area (Å²) in [7, 11) is 0. The van der Waals surface area contributed by atoms with E-state index in [2.05, 4.69) is 10.7 Å². The Kier molecular flexibility index (Phi) is 5.15. The van der Waals surface area contributed by atoms with Gasteiger partial charge in [0.25, 0.3) is 0 Å². The highest BCUT2D eigenvalue weighted by atomic mass is 16.5. The van der Waals surface area contributed by atoms with E-state index in [1.54, 1.807) is 0 Å². The number of nitrogens with zero attached hydrogens (tertiary/aromatic N) is 1. The van der Waals surface area contributed by atoms with Crippen molar-refractivity contribution in [2.45, 2.75) is 32.3 Å². The molecule has 0 aromatic heterocycles. The first-order chi connectivity index (χ1) is 11.6. The second-order valence-corrected chi connectivity index (χ2v) is 6.22. The quantitative estimate of drug-likeness (QED) is 0.856. The standard InChI is InChI=1S/C18H23N3O3/c1-13-4-6-14(7-5-13)16-8-9-18(23)21(20-16)12-17(22)19-11-15-3-2-10-24-15/h4-8,15,20H,2-3,9-12H2,1H3,(H,19,22). The van der Waals surface area contributed by atoms with Gasteiger partial charge in [-0.2, -0.15) is 0 Å². The third-order valence-electron chi connectivity index (χ3n) is 4.25. The van der Waals surface area contributed by atoms with Gasteiger partial charge < -0.3 is 10.1 Å². The van der Waals surface area contributed by atoms with E-state index in [1.807, 2.05) is 37.3 Å². The van der Waals surface area contributed by atoms with Crippen molar-refractivity contribution in [1.29, 1.82) is 0 Å². The lowest BCUT2D eigenvalue weighted by atomic mass is 10.1. The van der Waals surface area contributed by atoms with Gasteiger partial charge in [0.15, 0.2) is 0 Å². The number of hydrogen-bond donors (Lipinski definition) is 2. The fourth-order valence-electron chi connectivity index (χ4n) is 2.83. The van der Waals surface area contributed by atoms with Crippen molar-refractivity contribution in [3.63, 3.8) is 0 Å². The Morgan fingerprint density at radius 3 is 2.88 bits per heavy atom. The largest absolute Gasteiger partial charge is 0.376 e. The van der Waals surface area contributed by atoms with Crippen molar-refractivity contribution in [3.05, 3.63) is 41.5 Å². The predicted octanol–water partition coefficient (Wildman–Crippen LogP) is 1.37. The third kappa shape index (κ3) is 4.14. The van der Waals surface area contributed by atoms with Crippen LogP contribution in [0.15, 0.2) is 30.3 Å². The highest BCUT2D eigenvalue weighted by Crippen LogP contribution is 2.17. The van der Waals surface area contributed by atoms with E-state index in [4.69, 9.17) is 4.74 Å². The summed E-state index contributed by atoms with van der Waals surface area (Å²) in [5.41, 5.74) is 6.07. The Bertz CT molecular complexity index is 633. The molecule has 0 spiro atoms. The van der Waals surface area contributed by atoms with E-state index >= 15 is 0 Å². The summed E-state index contributed by atoms with van der Waals surface area (Å²) in [6, 6.07) is 8.04. The van der Waals surface area contributed by atoms with E-state index in [9.17, 15) is 9.59 Å². The van der Waals surface area contributed by atoms with E-state index in [1.165, 1.54) is 10.6 Å². The number of carbonyl (C=O) groups is 2. The summed E-state index contributed by atoms with van der Waals surface area (Å²) in [6.45, 7) is 3.29. The second-order valence-electron chi connectivity index (χ2n) is 6.22.